The Balaban J connectivity index is 2.73. The van der Waals surface area contributed by atoms with Crippen molar-refractivity contribution < 1.29 is 8.42 Å². The maximum atomic E-state index is 10.7. The molecular formula is C9H14O2S. The van der Waals surface area contributed by atoms with E-state index >= 15 is 0 Å². The number of hydrogen-bond donors (Lipinski definition) is 0. The molecule has 68 valence electrons. The Morgan fingerprint density at radius 3 is 2.33 bits per heavy atom. The van der Waals surface area contributed by atoms with Gasteiger partial charge in [0.05, 0.1) is 5.41 Å². The minimum atomic E-state index is -2.98. The van der Waals surface area contributed by atoms with E-state index in [4.69, 9.17) is 0 Å². The second-order valence-corrected chi connectivity index (χ2v) is 5.15. The molecule has 0 N–H and O–H groups in total. The second kappa shape index (κ2) is 3.92. The van der Waals surface area contributed by atoms with Gasteiger partial charge in [-0.15, -0.1) is 5.73 Å². The number of sulfone groups is 1. The molecule has 3 heteroatoms. The van der Waals surface area contributed by atoms with Crippen LogP contribution in [0.3, 0.4) is 0 Å². The van der Waals surface area contributed by atoms with E-state index in [-0.39, 0.29) is 0 Å². The molecule has 1 fully saturated rings. The molecule has 0 aromatic carbocycles. The Morgan fingerprint density at radius 2 is 1.83 bits per heavy atom. The van der Waals surface area contributed by atoms with Crippen LogP contribution in [-0.4, -0.2) is 14.7 Å². The van der Waals surface area contributed by atoms with Crippen LogP contribution < -0.4 is 0 Å². The van der Waals surface area contributed by atoms with Crippen LogP contribution in [-0.2, 0) is 9.84 Å². The van der Waals surface area contributed by atoms with Crippen molar-refractivity contribution in [2.45, 2.75) is 32.1 Å². The summed E-state index contributed by atoms with van der Waals surface area (Å²) in [6.07, 6.45) is 6.87. The quantitative estimate of drug-likeness (QED) is 0.587. The Kier molecular flexibility index (Phi) is 3.12. The van der Waals surface area contributed by atoms with Gasteiger partial charge in [0.2, 0.25) is 0 Å². The Bertz CT molecular complexity index is 297. The summed E-state index contributed by atoms with van der Waals surface area (Å²) in [7, 11) is -2.98. The van der Waals surface area contributed by atoms with Gasteiger partial charge in [0, 0.05) is 6.26 Å². The first-order valence-electron chi connectivity index (χ1n) is 4.22. The molecule has 0 radical (unpaired) electrons. The fraction of sp³-hybridized carbons (Fsp3) is 0.667. The topological polar surface area (TPSA) is 34.1 Å². The van der Waals surface area contributed by atoms with E-state index in [2.05, 4.69) is 5.73 Å². The van der Waals surface area contributed by atoms with Crippen LogP contribution in [0.25, 0.3) is 0 Å². The third kappa shape index (κ3) is 3.74. The summed E-state index contributed by atoms with van der Waals surface area (Å²) < 4.78 is 21.5. The minimum absolute atomic E-state index is 1.02. The van der Waals surface area contributed by atoms with Crippen molar-refractivity contribution in [3.05, 3.63) is 16.7 Å². The summed E-state index contributed by atoms with van der Waals surface area (Å²) in [5.41, 5.74) is 4.02. The van der Waals surface area contributed by atoms with Gasteiger partial charge in [0.15, 0.2) is 9.84 Å². The second-order valence-electron chi connectivity index (χ2n) is 3.26. The molecular weight excluding hydrogens is 172 g/mol. The molecule has 12 heavy (non-hydrogen) atoms. The van der Waals surface area contributed by atoms with Gasteiger partial charge >= 0.3 is 0 Å². The van der Waals surface area contributed by atoms with Gasteiger partial charge in [0.25, 0.3) is 0 Å². The normalized spacial score (nSPS) is 18.6. The van der Waals surface area contributed by atoms with E-state index < -0.39 is 9.84 Å². The SMILES string of the molecule is CS(=O)(=O)C=C=C1CCCCC1. The van der Waals surface area contributed by atoms with Crippen molar-refractivity contribution in [3.8, 4) is 0 Å². The molecule has 0 heterocycles. The average molecular weight is 186 g/mol. The highest BCUT2D eigenvalue weighted by atomic mass is 32.2. The summed E-state index contributed by atoms with van der Waals surface area (Å²) in [5, 5.41) is 1.19. The van der Waals surface area contributed by atoms with Crippen LogP contribution in [0, 0.1) is 0 Å². The Morgan fingerprint density at radius 1 is 1.25 bits per heavy atom. The van der Waals surface area contributed by atoms with E-state index in [1.165, 1.54) is 30.9 Å². The summed E-state index contributed by atoms with van der Waals surface area (Å²) in [6.45, 7) is 0. The Labute approximate surface area is 73.9 Å². The molecule has 0 amide bonds. The third-order valence-corrected chi connectivity index (χ3v) is 2.48. The molecule has 0 aliphatic heterocycles. The Hall–Kier alpha value is -0.530. The highest BCUT2D eigenvalue weighted by Gasteiger charge is 2.03. The summed E-state index contributed by atoms with van der Waals surface area (Å²) in [6, 6.07) is 0. The van der Waals surface area contributed by atoms with Crippen molar-refractivity contribution in [3.63, 3.8) is 0 Å². The first-order valence-corrected chi connectivity index (χ1v) is 6.18. The monoisotopic (exact) mass is 186 g/mol. The van der Waals surface area contributed by atoms with Gasteiger partial charge in [-0.3, -0.25) is 0 Å². The van der Waals surface area contributed by atoms with E-state index in [0.717, 1.165) is 18.4 Å². The van der Waals surface area contributed by atoms with Crippen molar-refractivity contribution in [2.24, 2.45) is 0 Å². The molecule has 1 aliphatic carbocycles. The lowest BCUT2D eigenvalue weighted by atomic mass is 9.96. The molecule has 0 bridgehead atoms. The highest BCUT2D eigenvalue weighted by Crippen LogP contribution is 2.21. The zero-order valence-electron chi connectivity index (χ0n) is 7.34. The predicted molar refractivity (Wildman–Crippen MR) is 49.5 cm³/mol. The molecule has 0 aromatic heterocycles. The molecule has 0 unspecified atom stereocenters. The van der Waals surface area contributed by atoms with Crippen molar-refractivity contribution in [1.29, 1.82) is 0 Å². The molecule has 0 saturated heterocycles. The van der Waals surface area contributed by atoms with Crippen LogP contribution in [0.4, 0.5) is 0 Å². The lowest BCUT2D eigenvalue weighted by Gasteiger charge is -2.10. The molecule has 2 nitrogen and oxygen atoms in total. The maximum absolute atomic E-state index is 10.7. The van der Waals surface area contributed by atoms with Crippen LogP contribution >= 0.6 is 0 Å². The minimum Gasteiger partial charge on any atom is -0.224 e. The van der Waals surface area contributed by atoms with Crippen LogP contribution in [0.2, 0.25) is 0 Å². The van der Waals surface area contributed by atoms with Crippen LogP contribution in [0.1, 0.15) is 32.1 Å². The maximum Gasteiger partial charge on any atom is 0.175 e. The highest BCUT2D eigenvalue weighted by molar-refractivity contribution is 7.93. The van der Waals surface area contributed by atoms with Gasteiger partial charge in [-0.2, -0.15) is 0 Å². The van der Waals surface area contributed by atoms with E-state index in [1.54, 1.807) is 0 Å². The number of rotatable bonds is 1. The summed E-state index contributed by atoms with van der Waals surface area (Å²) in [4.78, 5) is 0. The molecule has 1 rings (SSSR count). The molecule has 0 atom stereocenters. The lowest BCUT2D eigenvalue weighted by molar-refractivity contribution is 0.599. The van der Waals surface area contributed by atoms with Gasteiger partial charge in [0.1, 0.15) is 0 Å². The van der Waals surface area contributed by atoms with E-state index in [0.29, 0.717) is 0 Å². The fourth-order valence-corrected chi connectivity index (χ4v) is 1.69. The molecule has 0 aromatic rings. The zero-order valence-corrected chi connectivity index (χ0v) is 8.15. The van der Waals surface area contributed by atoms with Crippen molar-refractivity contribution in [1.82, 2.24) is 0 Å². The summed E-state index contributed by atoms with van der Waals surface area (Å²) in [5.74, 6) is 0. The smallest absolute Gasteiger partial charge is 0.175 e. The fourth-order valence-electron chi connectivity index (χ4n) is 1.31. The number of allylic oxidation sites excluding steroid dienone is 1. The zero-order chi connectivity index (χ0) is 9.03. The largest absolute Gasteiger partial charge is 0.224 e. The molecule has 1 aliphatic rings. The first kappa shape index (κ1) is 9.56. The predicted octanol–water partition coefficient (Wildman–Crippen LogP) is 2.03. The van der Waals surface area contributed by atoms with Crippen molar-refractivity contribution >= 4 is 9.84 Å². The van der Waals surface area contributed by atoms with E-state index in [1.807, 2.05) is 0 Å². The summed E-state index contributed by atoms with van der Waals surface area (Å²) >= 11 is 0. The van der Waals surface area contributed by atoms with Gasteiger partial charge in [-0.25, -0.2) is 8.42 Å². The van der Waals surface area contributed by atoms with E-state index in [9.17, 15) is 8.42 Å². The van der Waals surface area contributed by atoms with Crippen LogP contribution in [0.15, 0.2) is 16.7 Å². The first-order chi connectivity index (χ1) is 5.58. The lowest BCUT2D eigenvalue weighted by Crippen LogP contribution is -1.93. The molecule has 1 saturated carbocycles. The standard InChI is InChI=1S/C9H14O2S/c1-12(10,11)8-7-9-5-3-2-4-6-9/h8H,2-6H2,1H3. The third-order valence-electron chi connectivity index (χ3n) is 1.93. The van der Waals surface area contributed by atoms with Crippen molar-refractivity contribution in [2.75, 3.05) is 6.26 Å². The van der Waals surface area contributed by atoms with Gasteiger partial charge < -0.3 is 0 Å². The molecule has 0 spiro atoms. The number of hydrogen-bond acceptors (Lipinski definition) is 2. The van der Waals surface area contributed by atoms with Crippen LogP contribution in [0.5, 0.6) is 0 Å². The van der Waals surface area contributed by atoms with Gasteiger partial charge in [-0.05, 0) is 31.3 Å². The van der Waals surface area contributed by atoms with Gasteiger partial charge in [-0.1, -0.05) is 6.42 Å². The average Bonchev–Trinajstić information content (AvgIpc) is 2.02.